The summed E-state index contributed by atoms with van der Waals surface area (Å²) in [5, 5.41) is 0.678. The highest BCUT2D eigenvalue weighted by Crippen LogP contribution is 2.27. The number of nitrogens with zero attached hydrogens (tertiary/aromatic N) is 1. The number of hydrogen-bond donors (Lipinski definition) is 2. The van der Waals surface area contributed by atoms with Gasteiger partial charge in [-0.05, 0) is 48.2 Å². The zero-order valence-corrected chi connectivity index (χ0v) is 17.8. The number of benzene rings is 2. The largest absolute Gasteiger partial charge is 0.345 e. The van der Waals surface area contributed by atoms with Crippen LogP contribution in [0.1, 0.15) is 29.3 Å². The van der Waals surface area contributed by atoms with Gasteiger partial charge in [-0.3, -0.25) is 4.79 Å². The van der Waals surface area contributed by atoms with E-state index in [9.17, 15) is 13.4 Å². The third-order valence-corrected chi connectivity index (χ3v) is 6.59. The molecule has 7 heteroatoms. The van der Waals surface area contributed by atoms with Crippen molar-refractivity contribution in [1.82, 2.24) is 9.97 Å². The maximum atomic E-state index is 13.2. The fourth-order valence-electron chi connectivity index (χ4n) is 3.47. The van der Waals surface area contributed by atoms with Gasteiger partial charge in [-0.2, -0.15) is 0 Å². The Labute approximate surface area is 180 Å². The first-order chi connectivity index (χ1) is 14.9. The van der Waals surface area contributed by atoms with Crippen LogP contribution in [0.25, 0.3) is 22.2 Å². The number of fused-ring (bicyclic) bond motifs is 1. The van der Waals surface area contributed by atoms with E-state index in [1.165, 1.54) is 12.1 Å². The molecule has 0 saturated heterocycles. The van der Waals surface area contributed by atoms with Crippen molar-refractivity contribution in [3.8, 4) is 11.1 Å². The second-order valence-corrected chi connectivity index (χ2v) is 9.59. The molecule has 2 heterocycles. The zero-order valence-electron chi connectivity index (χ0n) is 17.0. The summed E-state index contributed by atoms with van der Waals surface area (Å²) in [4.78, 5) is 20.7. The van der Waals surface area contributed by atoms with Crippen LogP contribution in [-0.4, -0.2) is 31.6 Å². The van der Waals surface area contributed by atoms with E-state index >= 15 is 0 Å². The van der Waals surface area contributed by atoms with Gasteiger partial charge in [0.2, 0.25) is 0 Å². The molecule has 0 bridgehead atoms. The third-order valence-electron chi connectivity index (χ3n) is 4.92. The first-order valence-electron chi connectivity index (χ1n) is 9.87. The van der Waals surface area contributed by atoms with Gasteiger partial charge in [-0.15, -0.1) is 0 Å². The fraction of sp³-hybridized carbons (Fsp3) is 0.125. The second-order valence-electron chi connectivity index (χ2n) is 7.36. The first-order valence-corrected chi connectivity index (χ1v) is 11.8. The molecule has 0 aliphatic carbocycles. The number of hydrogen-bond acceptors (Lipinski definition) is 3. The van der Waals surface area contributed by atoms with Crippen molar-refractivity contribution in [3.05, 3.63) is 83.9 Å². The van der Waals surface area contributed by atoms with Crippen molar-refractivity contribution < 1.29 is 13.4 Å². The minimum absolute atomic E-state index is 0.181. The topological polar surface area (TPSA) is 74.8 Å². The summed E-state index contributed by atoms with van der Waals surface area (Å²) < 4.78 is 28.7. The summed E-state index contributed by atoms with van der Waals surface area (Å²) in [5.74, 6) is 3.72. The number of carbonyl (C=O) groups excluding carboxylic acids is 1. The van der Waals surface area contributed by atoms with Gasteiger partial charge >= 0.3 is 0 Å². The maximum absolute atomic E-state index is 13.2. The average molecular weight is 436 g/mol. The Morgan fingerprint density at radius 1 is 1.16 bits per heavy atom. The summed E-state index contributed by atoms with van der Waals surface area (Å²) in [6.45, 7) is 1.94. The Balaban J connectivity index is 1.69. The number of aromatic nitrogens is 2. The Morgan fingerprint density at radius 3 is 2.68 bits per heavy atom. The van der Waals surface area contributed by atoms with E-state index in [4.69, 9.17) is 0 Å². The third kappa shape index (κ3) is 4.51. The van der Waals surface area contributed by atoms with E-state index in [0.717, 1.165) is 17.5 Å². The highest BCUT2D eigenvalue weighted by atomic mass is 32.2. The minimum atomic E-state index is -2.46. The second kappa shape index (κ2) is 8.35. The number of rotatable bonds is 7. The lowest BCUT2D eigenvalue weighted by molar-refractivity contribution is 0.104. The van der Waals surface area contributed by atoms with Crippen molar-refractivity contribution in [2.24, 2.45) is 0 Å². The Hall–Kier alpha value is -3.45. The number of H-pyrrole nitrogens is 1. The van der Waals surface area contributed by atoms with Crippen molar-refractivity contribution >= 4 is 38.1 Å². The molecule has 2 aromatic carbocycles. The van der Waals surface area contributed by atoms with Crippen molar-refractivity contribution in [1.29, 1.82) is 0 Å². The smallest absolute Gasteiger partial charge is 0.195 e. The molecule has 0 saturated carbocycles. The molecule has 5 nitrogen and oxygen atoms in total. The van der Waals surface area contributed by atoms with Gasteiger partial charge in [0.25, 0.3) is 0 Å². The van der Waals surface area contributed by atoms with Crippen LogP contribution in [0.4, 0.5) is 10.1 Å². The van der Waals surface area contributed by atoms with Crippen molar-refractivity contribution in [3.63, 3.8) is 0 Å². The van der Waals surface area contributed by atoms with Gasteiger partial charge in [0.05, 0.1) is 0 Å². The predicted molar refractivity (Wildman–Crippen MR) is 125 cm³/mol. The SMILES string of the molecule is C=S(=O)(CCC)Nc1cccc(C(=O)c2c[nH]c3ncc(-c4ccc(F)cc4)cc23)c1. The van der Waals surface area contributed by atoms with E-state index in [0.29, 0.717) is 33.6 Å². The van der Waals surface area contributed by atoms with Gasteiger partial charge in [0, 0.05) is 55.6 Å². The van der Waals surface area contributed by atoms with Gasteiger partial charge < -0.3 is 9.71 Å². The van der Waals surface area contributed by atoms with Gasteiger partial charge in [-0.25, -0.2) is 13.6 Å². The van der Waals surface area contributed by atoms with Crippen LogP contribution < -0.4 is 4.72 Å². The molecule has 0 aliphatic heterocycles. The van der Waals surface area contributed by atoms with Crippen LogP contribution in [0.5, 0.6) is 0 Å². The van der Waals surface area contributed by atoms with E-state index in [2.05, 4.69) is 20.6 Å². The number of ketones is 1. The molecule has 4 aromatic rings. The molecule has 1 unspecified atom stereocenters. The zero-order chi connectivity index (χ0) is 22.0. The van der Waals surface area contributed by atoms with Crippen molar-refractivity contribution in [2.45, 2.75) is 13.3 Å². The monoisotopic (exact) mass is 435 g/mol. The molecule has 2 N–H and O–H groups in total. The number of aromatic amines is 1. The number of nitrogens with one attached hydrogen (secondary N) is 2. The minimum Gasteiger partial charge on any atom is -0.345 e. The molecule has 1 atom stereocenters. The summed E-state index contributed by atoms with van der Waals surface area (Å²) in [5.41, 5.74) is 3.71. The lowest BCUT2D eigenvalue weighted by Crippen LogP contribution is -2.16. The quantitative estimate of drug-likeness (QED) is 0.315. The molecular weight excluding hydrogens is 413 g/mol. The van der Waals surface area contributed by atoms with Crippen LogP contribution in [0.3, 0.4) is 0 Å². The highest BCUT2D eigenvalue weighted by molar-refractivity contribution is 8.01. The lowest BCUT2D eigenvalue weighted by Gasteiger charge is -2.12. The number of halogens is 1. The Kier molecular flexibility index (Phi) is 5.61. The molecular formula is C24H22FN3O2S. The van der Waals surface area contributed by atoms with Gasteiger partial charge in [0.15, 0.2) is 5.78 Å². The van der Waals surface area contributed by atoms with E-state index < -0.39 is 9.71 Å². The summed E-state index contributed by atoms with van der Waals surface area (Å²) in [6, 6.07) is 14.9. The van der Waals surface area contributed by atoms with Crippen LogP contribution in [0.2, 0.25) is 0 Å². The van der Waals surface area contributed by atoms with Gasteiger partial charge in [-0.1, -0.05) is 31.2 Å². The summed E-state index contributed by atoms with van der Waals surface area (Å²) in [6.07, 6.45) is 4.06. The molecule has 0 spiro atoms. The van der Waals surface area contributed by atoms with Gasteiger partial charge in [0.1, 0.15) is 11.5 Å². The molecule has 2 aromatic heterocycles. The normalized spacial score (nSPS) is 13.1. The summed E-state index contributed by atoms with van der Waals surface area (Å²) in [7, 11) is -2.46. The molecule has 158 valence electrons. The fourth-order valence-corrected chi connectivity index (χ4v) is 4.78. The Bertz CT molecular complexity index is 1360. The van der Waals surface area contributed by atoms with Crippen LogP contribution in [0.15, 0.2) is 67.0 Å². The highest BCUT2D eigenvalue weighted by Gasteiger charge is 2.16. The molecule has 4 rings (SSSR count). The molecule has 0 aliphatic rings. The molecule has 0 amide bonds. The number of carbonyl (C=O) groups is 1. The van der Waals surface area contributed by atoms with Crippen LogP contribution >= 0.6 is 0 Å². The predicted octanol–water partition coefficient (Wildman–Crippen LogP) is 5.05. The first kappa shape index (κ1) is 20.8. The summed E-state index contributed by atoms with van der Waals surface area (Å²) >= 11 is 0. The standard InChI is InChI=1S/C24H22FN3O2S/c1-3-11-31(2,30)28-20-6-4-5-17(12-20)23(29)22-15-27-24-21(22)13-18(14-26-24)16-7-9-19(25)10-8-16/h4-10,12-15H,2-3,11H2,1H3,(H,26,27)(H,28,30). The Morgan fingerprint density at radius 2 is 1.94 bits per heavy atom. The van der Waals surface area contributed by atoms with Crippen LogP contribution in [0, 0.1) is 5.82 Å². The van der Waals surface area contributed by atoms with Crippen molar-refractivity contribution in [2.75, 3.05) is 10.5 Å². The number of pyridine rings is 1. The van der Waals surface area contributed by atoms with Crippen LogP contribution in [-0.2, 0) is 9.71 Å². The van der Waals surface area contributed by atoms with E-state index in [-0.39, 0.29) is 11.6 Å². The molecule has 0 fully saturated rings. The molecule has 31 heavy (non-hydrogen) atoms. The van der Waals surface area contributed by atoms with E-state index in [1.54, 1.807) is 48.8 Å². The lowest BCUT2D eigenvalue weighted by atomic mass is 10.0. The maximum Gasteiger partial charge on any atom is 0.195 e. The average Bonchev–Trinajstić information content (AvgIpc) is 3.16. The number of anilines is 1. The molecule has 0 radical (unpaired) electrons. The van der Waals surface area contributed by atoms with E-state index in [1.807, 2.05) is 13.0 Å².